The van der Waals surface area contributed by atoms with Crippen LogP contribution in [0, 0.1) is 11.3 Å². The minimum atomic E-state index is -0.419. The third kappa shape index (κ3) is 3.77. The molecule has 1 aromatic heterocycles. The van der Waals surface area contributed by atoms with E-state index >= 15 is 0 Å². The first-order valence-corrected chi connectivity index (χ1v) is 10.3. The van der Waals surface area contributed by atoms with Gasteiger partial charge in [0.2, 0.25) is 0 Å². The number of halogens is 1. The fourth-order valence-corrected chi connectivity index (χ4v) is 5.07. The molecule has 2 aromatic rings. The lowest BCUT2D eigenvalue weighted by Crippen LogP contribution is -2.72. The molecule has 0 spiro atoms. The van der Waals surface area contributed by atoms with Crippen molar-refractivity contribution in [3.8, 4) is 5.69 Å². The molecule has 10 heteroatoms. The van der Waals surface area contributed by atoms with Crippen molar-refractivity contribution in [2.45, 2.75) is 51.1 Å². The fourth-order valence-electron chi connectivity index (χ4n) is 4.88. The number of carbonyl (C=O) groups is 1. The Labute approximate surface area is 179 Å². The highest BCUT2D eigenvalue weighted by Gasteiger charge is 2.58. The molecule has 158 valence electrons. The molecular weight excluding hydrogens is 406 g/mol. The van der Waals surface area contributed by atoms with Gasteiger partial charge < -0.3 is 15.0 Å². The van der Waals surface area contributed by atoms with Gasteiger partial charge in [-0.2, -0.15) is 15.0 Å². The largest absolute Gasteiger partial charge is 0.395 e. The highest BCUT2D eigenvalue weighted by Crippen LogP contribution is 2.52. The zero-order valence-electron chi connectivity index (χ0n) is 16.9. The number of piperidine rings is 1. The SMILES string of the molecule is CC(=[NH2+])OC(=N)CC12CC(C)CC(C1)N2C(=O)Nc1ccc(Cl)c(-n2nccn2)c1. The van der Waals surface area contributed by atoms with Gasteiger partial charge in [0, 0.05) is 18.2 Å². The Morgan fingerprint density at radius 1 is 1.40 bits per heavy atom. The number of nitrogens with two attached hydrogens (primary N) is 1. The van der Waals surface area contributed by atoms with Crippen LogP contribution in [0.3, 0.4) is 0 Å². The molecule has 1 aliphatic carbocycles. The number of rotatable bonds is 4. The van der Waals surface area contributed by atoms with Crippen molar-refractivity contribution in [1.29, 1.82) is 5.41 Å². The summed E-state index contributed by atoms with van der Waals surface area (Å²) < 4.78 is 5.28. The Morgan fingerprint density at radius 2 is 2.13 bits per heavy atom. The van der Waals surface area contributed by atoms with Crippen LogP contribution in [0.5, 0.6) is 0 Å². The summed E-state index contributed by atoms with van der Waals surface area (Å²) in [7, 11) is 0. The average molecular weight is 431 g/mol. The van der Waals surface area contributed by atoms with Crippen LogP contribution >= 0.6 is 11.6 Å². The Bertz CT molecular complexity index is 993. The minimum absolute atomic E-state index is 0.0823. The van der Waals surface area contributed by atoms with Crippen molar-refractivity contribution in [3.05, 3.63) is 35.6 Å². The summed E-state index contributed by atoms with van der Waals surface area (Å²) in [5, 5.41) is 25.4. The van der Waals surface area contributed by atoms with Crippen LogP contribution in [0.4, 0.5) is 10.5 Å². The standard InChI is InChI=1S/C20H24ClN7O2/c1-12-7-15-10-20(9-12,11-18(23)30-13(2)22)27(15)19(29)26-14-3-4-16(21)17(8-14)28-24-5-6-25-28/h3-6,8,12,15,22-23H,7,9-11H2,1-2H3,(H,26,29)/p+1. The number of likely N-dealkylation sites (tertiary alicyclic amines) is 1. The molecule has 3 unspecified atom stereocenters. The number of hydrogen-bond acceptors (Lipinski definition) is 5. The van der Waals surface area contributed by atoms with Gasteiger partial charge in [-0.05, 0) is 43.4 Å². The predicted molar refractivity (Wildman–Crippen MR) is 113 cm³/mol. The normalized spacial score (nSPS) is 24.7. The van der Waals surface area contributed by atoms with E-state index in [1.54, 1.807) is 37.5 Å². The lowest BCUT2D eigenvalue weighted by atomic mass is 9.63. The topological polar surface area (TPSA) is 122 Å². The fraction of sp³-hybridized carbons (Fsp3) is 0.450. The molecule has 0 radical (unpaired) electrons. The van der Waals surface area contributed by atoms with E-state index in [-0.39, 0.29) is 23.9 Å². The van der Waals surface area contributed by atoms with Crippen LogP contribution in [-0.2, 0) is 4.74 Å². The van der Waals surface area contributed by atoms with E-state index < -0.39 is 5.54 Å². The molecule has 1 saturated carbocycles. The van der Waals surface area contributed by atoms with Crippen LogP contribution in [0.15, 0.2) is 30.6 Å². The van der Waals surface area contributed by atoms with Crippen molar-refractivity contribution in [2.24, 2.45) is 5.92 Å². The maximum Gasteiger partial charge on any atom is 0.336 e. The molecule has 9 nitrogen and oxygen atoms in total. The van der Waals surface area contributed by atoms with Gasteiger partial charge in [0.25, 0.3) is 0 Å². The highest BCUT2D eigenvalue weighted by atomic mass is 35.5. The second kappa shape index (κ2) is 7.71. The molecular formula is C20H25ClN7O2+. The molecule has 2 aliphatic rings. The third-order valence-electron chi connectivity index (χ3n) is 5.72. The predicted octanol–water partition coefficient (Wildman–Crippen LogP) is 2.26. The first-order chi connectivity index (χ1) is 14.3. The zero-order valence-corrected chi connectivity index (χ0v) is 17.7. The maximum absolute atomic E-state index is 13.2. The lowest BCUT2D eigenvalue weighted by molar-refractivity contribution is -0.134. The Hall–Kier alpha value is -2.94. The number of anilines is 1. The number of amides is 2. The second-order valence-electron chi connectivity index (χ2n) is 8.22. The van der Waals surface area contributed by atoms with Crippen LogP contribution in [0.25, 0.3) is 5.69 Å². The summed E-state index contributed by atoms with van der Waals surface area (Å²) >= 11 is 6.27. The number of nitrogens with one attached hydrogen (secondary N) is 2. The van der Waals surface area contributed by atoms with E-state index in [1.165, 1.54) is 4.80 Å². The van der Waals surface area contributed by atoms with Crippen LogP contribution in [0.1, 0.15) is 39.5 Å². The summed E-state index contributed by atoms with van der Waals surface area (Å²) in [4.78, 5) is 16.5. The monoisotopic (exact) mass is 430 g/mol. The molecule has 3 atom stereocenters. The van der Waals surface area contributed by atoms with Gasteiger partial charge in [-0.25, -0.2) is 10.2 Å². The second-order valence-corrected chi connectivity index (χ2v) is 8.63. The summed E-state index contributed by atoms with van der Waals surface area (Å²) in [5.41, 5.74) is 0.760. The van der Waals surface area contributed by atoms with Crippen LogP contribution < -0.4 is 10.7 Å². The highest BCUT2D eigenvalue weighted by molar-refractivity contribution is 6.32. The minimum Gasteiger partial charge on any atom is -0.395 e. The molecule has 2 bridgehead atoms. The summed E-state index contributed by atoms with van der Waals surface area (Å²) in [6.45, 7) is 3.79. The average Bonchev–Trinajstić information content (AvgIpc) is 3.16. The van der Waals surface area contributed by atoms with Crippen molar-refractivity contribution >= 4 is 35.1 Å². The lowest BCUT2D eigenvalue weighted by Gasteiger charge is -2.63. The Kier molecular flexibility index (Phi) is 5.23. The van der Waals surface area contributed by atoms with Crippen molar-refractivity contribution in [3.63, 3.8) is 0 Å². The molecule has 4 N–H and O–H groups in total. The molecule has 1 aromatic carbocycles. The van der Waals surface area contributed by atoms with Gasteiger partial charge in [0.15, 0.2) is 5.90 Å². The summed E-state index contributed by atoms with van der Waals surface area (Å²) in [6.07, 6.45) is 6.11. The van der Waals surface area contributed by atoms with E-state index in [1.807, 2.05) is 4.90 Å². The maximum atomic E-state index is 13.2. The van der Waals surface area contributed by atoms with E-state index in [0.717, 1.165) is 19.3 Å². The molecule has 30 heavy (non-hydrogen) atoms. The zero-order chi connectivity index (χ0) is 21.5. The van der Waals surface area contributed by atoms with E-state index in [9.17, 15) is 4.79 Å². The van der Waals surface area contributed by atoms with E-state index in [2.05, 4.69) is 22.4 Å². The Morgan fingerprint density at radius 3 is 2.83 bits per heavy atom. The molecule has 2 heterocycles. The number of fused-ring (bicyclic) bond motifs is 2. The van der Waals surface area contributed by atoms with Gasteiger partial charge in [-0.15, -0.1) is 0 Å². The first-order valence-electron chi connectivity index (χ1n) is 9.88. The van der Waals surface area contributed by atoms with Crippen LogP contribution in [-0.4, -0.2) is 49.3 Å². The number of nitrogens with zero attached hydrogens (tertiary/aromatic N) is 4. The number of hydrogen-bond donors (Lipinski definition) is 3. The van der Waals surface area contributed by atoms with Crippen molar-refractivity contribution < 1.29 is 14.9 Å². The molecule has 1 aliphatic heterocycles. The number of carbonyl (C=O) groups excluding carboxylic acids is 1. The quantitative estimate of drug-likeness (QED) is 0.508. The van der Waals surface area contributed by atoms with E-state index in [4.69, 9.17) is 27.2 Å². The molecule has 1 saturated heterocycles. The van der Waals surface area contributed by atoms with E-state index in [0.29, 0.717) is 28.7 Å². The van der Waals surface area contributed by atoms with Gasteiger partial charge in [0.05, 0.1) is 29.9 Å². The molecule has 2 amide bonds. The summed E-state index contributed by atoms with van der Waals surface area (Å²) in [6, 6.07) is 5.15. The molecule has 2 fully saturated rings. The third-order valence-corrected chi connectivity index (χ3v) is 6.04. The van der Waals surface area contributed by atoms with Crippen LogP contribution in [0.2, 0.25) is 5.02 Å². The van der Waals surface area contributed by atoms with Gasteiger partial charge >= 0.3 is 11.9 Å². The smallest absolute Gasteiger partial charge is 0.336 e. The van der Waals surface area contributed by atoms with Crippen molar-refractivity contribution in [2.75, 3.05) is 5.32 Å². The van der Waals surface area contributed by atoms with Gasteiger partial charge in [0.1, 0.15) is 5.69 Å². The summed E-state index contributed by atoms with van der Waals surface area (Å²) in [5.74, 6) is 0.795. The first kappa shape index (κ1) is 20.3. The number of urea groups is 1. The number of benzene rings is 1. The van der Waals surface area contributed by atoms with Gasteiger partial charge in [-0.3, -0.25) is 5.41 Å². The Balaban J connectivity index is 1.53. The number of aromatic nitrogens is 3. The van der Waals surface area contributed by atoms with Crippen molar-refractivity contribution in [1.82, 2.24) is 19.9 Å². The number of ether oxygens (including phenoxy) is 1. The van der Waals surface area contributed by atoms with Gasteiger partial charge in [-0.1, -0.05) is 18.5 Å². The molecule has 4 rings (SSSR count).